The molecule has 2 aromatic heterocycles. The van der Waals surface area contributed by atoms with Gasteiger partial charge in [0.1, 0.15) is 23.7 Å². The lowest BCUT2D eigenvalue weighted by Gasteiger charge is -2.29. The zero-order valence-corrected chi connectivity index (χ0v) is 28.1. The van der Waals surface area contributed by atoms with E-state index in [-0.39, 0.29) is 36.0 Å². The third-order valence-corrected chi connectivity index (χ3v) is 8.83. The van der Waals surface area contributed by atoms with Crippen molar-refractivity contribution >= 4 is 46.8 Å². The first-order chi connectivity index (χ1) is 23.1. The lowest BCUT2D eigenvalue weighted by atomic mass is 9.98. The Bertz CT molecular complexity index is 1740. The van der Waals surface area contributed by atoms with Gasteiger partial charge in [-0.3, -0.25) is 34.5 Å². The Balaban J connectivity index is 1.17. The minimum atomic E-state index is -0.256. The maximum Gasteiger partial charge on any atom is 0.237 e. The Hall–Kier alpha value is -5.17. The first-order valence-corrected chi connectivity index (χ1v) is 16.3. The zero-order valence-electron chi connectivity index (χ0n) is 28.1. The number of amidine groups is 1. The summed E-state index contributed by atoms with van der Waals surface area (Å²) in [6.45, 7) is 8.99. The molecule has 13 heteroatoms. The van der Waals surface area contributed by atoms with Gasteiger partial charge in [-0.1, -0.05) is 30.3 Å². The molecule has 0 aliphatic carbocycles. The van der Waals surface area contributed by atoms with Crippen molar-refractivity contribution in [1.82, 2.24) is 24.6 Å². The predicted octanol–water partition coefficient (Wildman–Crippen LogP) is 3.21. The van der Waals surface area contributed by atoms with Gasteiger partial charge in [-0.15, -0.1) is 0 Å². The molecule has 0 spiro atoms. The molecule has 13 nitrogen and oxygen atoms in total. The second kappa shape index (κ2) is 15.2. The molecule has 0 bridgehead atoms. The summed E-state index contributed by atoms with van der Waals surface area (Å²) in [7, 11) is 1.64. The quantitative estimate of drug-likeness (QED) is 0.211. The number of carbonyl (C=O) groups is 2. The molecule has 48 heavy (non-hydrogen) atoms. The van der Waals surface area contributed by atoms with Crippen molar-refractivity contribution in [3.05, 3.63) is 77.3 Å². The summed E-state index contributed by atoms with van der Waals surface area (Å²) in [5.74, 6) is 0.627. The van der Waals surface area contributed by atoms with E-state index in [1.54, 1.807) is 41.2 Å². The lowest BCUT2D eigenvalue weighted by molar-refractivity contribution is -0.132. The number of hydrogen-bond acceptors (Lipinski definition) is 8. The number of carbonyl (C=O) groups excluding carboxylic acids is 2. The zero-order chi connectivity index (χ0) is 34.4. The van der Waals surface area contributed by atoms with Crippen LogP contribution in [0.4, 0.5) is 11.5 Å². The Morgan fingerprint density at radius 2 is 1.92 bits per heavy atom. The number of benzene rings is 1. The minimum Gasteiger partial charge on any atom is -0.397 e. The molecule has 0 saturated carbocycles. The fraction of sp³-hybridized carbons (Fsp3) is 0.400. The number of anilines is 2. The molecule has 1 aromatic carbocycles. The van der Waals surface area contributed by atoms with Gasteiger partial charge < -0.3 is 16.4 Å². The molecule has 0 radical (unpaired) electrons. The third-order valence-electron chi connectivity index (χ3n) is 8.83. The minimum absolute atomic E-state index is 0.0436. The van der Waals surface area contributed by atoms with Gasteiger partial charge in [-0.25, -0.2) is 9.98 Å². The van der Waals surface area contributed by atoms with Crippen LogP contribution in [0.5, 0.6) is 0 Å². The number of likely N-dealkylation sites (tertiary alicyclic amines) is 1. The highest BCUT2D eigenvalue weighted by atomic mass is 16.2. The van der Waals surface area contributed by atoms with Crippen LogP contribution in [0.25, 0.3) is 5.57 Å². The number of amides is 2. The van der Waals surface area contributed by atoms with Gasteiger partial charge in [0.25, 0.3) is 0 Å². The van der Waals surface area contributed by atoms with E-state index in [2.05, 4.69) is 31.0 Å². The van der Waals surface area contributed by atoms with Gasteiger partial charge in [0.05, 0.1) is 30.1 Å². The number of nitrogens with one attached hydrogen (secondary N) is 1. The summed E-state index contributed by atoms with van der Waals surface area (Å²) in [6, 6.07) is 11.5. The van der Waals surface area contributed by atoms with Gasteiger partial charge in [-0.05, 0) is 63.4 Å². The van der Waals surface area contributed by atoms with Crippen LogP contribution >= 0.6 is 0 Å². The topological polar surface area (TPSA) is 175 Å². The number of aromatic nitrogens is 3. The van der Waals surface area contributed by atoms with E-state index in [0.29, 0.717) is 67.7 Å². The van der Waals surface area contributed by atoms with Crippen molar-refractivity contribution in [2.45, 2.75) is 39.7 Å². The largest absolute Gasteiger partial charge is 0.397 e. The SMILES string of the molecule is CCN(C(=O)[C@@H]1CCN(CC(=O)N2CC=C(c3ccc(C(N)=NC=NC)cc3)CC2)C1)c1ccc(N)c(C(=N)c2cnn(C(C)C)c2)n1. The van der Waals surface area contributed by atoms with Gasteiger partial charge in [-0.2, -0.15) is 5.10 Å². The number of nitrogens with two attached hydrogens (primary N) is 2. The first kappa shape index (κ1) is 34.2. The van der Waals surface area contributed by atoms with Crippen molar-refractivity contribution < 1.29 is 9.59 Å². The second-order valence-corrected chi connectivity index (χ2v) is 12.4. The molecule has 5 rings (SSSR count). The molecule has 2 amide bonds. The third kappa shape index (κ3) is 7.68. The fourth-order valence-electron chi connectivity index (χ4n) is 6.02. The van der Waals surface area contributed by atoms with Crippen LogP contribution < -0.4 is 16.4 Å². The van der Waals surface area contributed by atoms with Crippen LogP contribution in [-0.4, -0.2) is 101 Å². The van der Waals surface area contributed by atoms with Crippen molar-refractivity contribution in [2.75, 3.05) is 56.9 Å². The van der Waals surface area contributed by atoms with Crippen molar-refractivity contribution in [3.63, 3.8) is 0 Å². The van der Waals surface area contributed by atoms with Crippen LogP contribution in [-0.2, 0) is 9.59 Å². The van der Waals surface area contributed by atoms with Crippen LogP contribution in [0.2, 0.25) is 0 Å². The monoisotopic (exact) mass is 651 g/mol. The van der Waals surface area contributed by atoms with Gasteiger partial charge in [0, 0.05) is 56.6 Å². The molecule has 1 saturated heterocycles. The van der Waals surface area contributed by atoms with E-state index in [4.69, 9.17) is 16.9 Å². The number of nitrogens with zero attached hydrogens (tertiary/aromatic N) is 8. The molecule has 252 valence electrons. The Morgan fingerprint density at radius 1 is 1.15 bits per heavy atom. The Kier molecular flexibility index (Phi) is 10.8. The van der Waals surface area contributed by atoms with Crippen molar-refractivity contribution in [2.24, 2.45) is 21.6 Å². The normalized spacial score (nSPS) is 17.3. The second-order valence-electron chi connectivity index (χ2n) is 12.4. The smallest absolute Gasteiger partial charge is 0.237 e. The molecule has 0 unspecified atom stereocenters. The van der Waals surface area contributed by atoms with Crippen molar-refractivity contribution in [1.29, 1.82) is 5.41 Å². The lowest BCUT2D eigenvalue weighted by Crippen LogP contribution is -2.42. The number of nitrogen functional groups attached to an aromatic ring is 1. The van der Waals surface area contributed by atoms with E-state index in [1.165, 1.54) is 11.9 Å². The summed E-state index contributed by atoms with van der Waals surface area (Å²) >= 11 is 0. The fourth-order valence-corrected chi connectivity index (χ4v) is 6.02. The summed E-state index contributed by atoms with van der Waals surface area (Å²) in [4.78, 5) is 45.2. The van der Waals surface area contributed by atoms with Crippen LogP contribution in [0.15, 0.2) is 64.9 Å². The summed E-state index contributed by atoms with van der Waals surface area (Å²) in [5.41, 5.74) is 16.8. The van der Waals surface area contributed by atoms with Gasteiger partial charge >= 0.3 is 0 Å². The molecular weight excluding hydrogens is 606 g/mol. The number of hydrogen-bond donors (Lipinski definition) is 3. The molecule has 2 aliphatic rings. The average Bonchev–Trinajstić information content (AvgIpc) is 3.79. The molecule has 2 aliphatic heterocycles. The van der Waals surface area contributed by atoms with Gasteiger partial charge in [0.15, 0.2) is 0 Å². The van der Waals surface area contributed by atoms with E-state index in [0.717, 1.165) is 17.5 Å². The standard InChI is InChI=1S/C35H45N11O2/c1-5-45(30-11-10-29(36)33(42-30)32(37)28-18-41-46(20-28)23(2)3)35(48)27-12-15-43(19-27)21-31(47)44-16-13-25(14-17-44)24-6-8-26(9-7-24)34(38)40-22-39-4/h6-11,13,18,20,22-23,27,37H,5,12,14-17,19,21,36H2,1-4H3,(H2,38,39,40)/t27-/m1/s1. The predicted molar refractivity (Wildman–Crippen MR) is 191 cm³/mol. The van der Waals surface area contributed by atoms with Gasteiger partial charge in [0.2, 0.25) is 11.8 Å². The summed E-state index contributed by atoms with van der Waals surface area (Å²) in [5, 5.41) is 13.1. The summed E-state index contributed by atoms with van der Waals surface area (Å²) < 4.78 is 1.78. The number of pyridine rings is 1. The van der Waals surface area contributed by atoms with Crippen molar-refractivity contribution in [3.8, 4) is 0 Å². The molecule has 3 aromatic rings. The highest BCUT2D eigenvalue weighted by Crippen LogP contribution is 2.26. The highest BCUT2D eigenvalue weighted by molar-refractivity contribution is 6.12. The van der Waals surface area contributed by atoms with E-state index in [9.17, 15) is 9.59 Å². The van der Waals surface area contributed by atoms with Crippen LogP contribution in [0.3, 0.4) is 0 Å². The maximum atomic E-state index is 13.7. The number of rotatable bonds is 11. The average molecular weight is 652 g/mol. The summed E-state index contributed by atoms with van der Waals surface area (Å²) in [6.07, 6.45) is 8.38. The molecular formula is C35H45N11O2. The highest BCUT2D eigenvalue weighted by Gasteiger charge is 2.34. The number of aliphatic imine (C=N–C) groups is 2. The molecule has 1 atom stereocenters. The maximum absolute atomic E-state index is 13.7. The van der Waals surface area contributed by atoms with E-state index < -0.39 is 0 Å². The molecule has 5 N–H and O–H groups in total. The Labute approximate surface area is 281 Å². The van der Waals surface area contributed by atoms with E-state index in [1.807, 2.05) is 49.9 Å². The molecule has 4 heterocycles. The van der Waals surface area contributed by atoms with E-state index >= 15 is 0 Å². The van der Waals surface area contributed by atoms with Crippen LogP contribution in [0.1, 0.15) is 62.0 Å². The first-order valence-electron chi connectivity index (χ1n) is 16.3. The molecule has 1 fully saturated rings. The Morgan fingerprint density at radius 3 is 2.56 bits per heavy atom. The van der Waals surface area contributed by atoms with Crippen LogP contribution in [0, 0.1) is 11.3 Å².